The monoisotopic (exact) mass is 205 g/mol. The van der Waals surface area contributed by atoms with Gasteiger partial charge in [-0.1, -0.05) is 0 Å². The number of fused-ring (bicyclic) bond motifs is 1. The molecule has 0 bridgehead atoms. The smallest absolute Gasteiger partial charge is 0.149 e. The molecule has 2 rings (SSSR count). The van der Waals surface area contributed by atoms with Gasteiger partial charge < -0.3 is 5.11 Å². The van der Waals surface area contributed by atoms with Crippen molar-refractivity contribution in [3.63, 3.8) is 0 Å². The second kappa shape index (κ2) is 3.59. The molecule has 1 aromatic heterocycles. The van der Waals surface area contributed by atoms with E-state index in [0.29, 0.717) is 16.5 Å². The van der Waals surface area contributed by atoms with Crippen molar-refractivity contribution >= 4 is 10.9 Å². The number of aryl methyl sites for hydroxylation is 1. The number of benzene rings is 1. The van der Waals surface area contributed by atoms with Crippen LogP contribution in [-0.4, -0.2) is 10.1 Å². The second-order valence-electron chi connectivity index (χ2n) is 3.72. The van der Waals surface area contributed by atoms with Crippen LogP contribution in [0.15, 0.2) is 24.4 Å². The minimum Gasteiger partial charge on any atom is -0.389 e. The molecule has 2 nitrogen and oxygen atoms in total. The van der Waals surface area contributed by atoms with Crippen molar-refractivity contribution in [1.29, 1.82) is 0 Å². The topological polar surface area (TPSA) is 33.1 Å². The van der Waals surface area contributed by atoms with Crippen molar-refractivity contribution in [1.82, 2.24) is 4.98 Å². The van der Waals surface area contributed by atoms with E-state index in [2.05, 4.69) is 4.98 Å². The van der Waals surface area contributed by atoms with Crippen molar-refractivity contribution in [2.75, 3.05) is 0 Å². The zero-order valence-corrected chi connectivity index (χ0v) is 8.66. The van der Waals surface area contributed by atoms with E-state index in [1.807, 2.05) is 13.0 Å². The predicted molar refractivity (Wildman–Crippen MR) is 57.1 cm³/mol. The highest BCUT2D eigenvalue weighted by Gasteiger charge is 2.10. The standard InChI is InChI=1S/C12H12FNO/c1-7-5-10-9(8(2)15)3-4-14-12(10)11(13)6-7/h3-6,8,15H,1-2H3. The van der Waals surface area contributed by atoms with E-state index in [4.69, 9.17) is 0 Å². The van der Waals surface area contributed by atoms with E-state index in [0.717, 1.165) is 5.56 Å². The minimum absolute atomic E-state index is 0.319. The number of pyridine rings is 1. The molecule has 0 fully saturated rings. The van der Waals surface area contributed by atoms with Gasteiger partial charge in [-0.15, -0.1) is 0 Å². The summed E-state index contributed by atoms with van der Waals surface area (Å²) in [4.78, 5) is 3.98. The van der Waals surface area contributed by atoms with Gasteiger partial charge in [0, 0.05) is 11.6 Å². The predicted octanol–water partition coefficient (Wildman–Crippen LogP) is 2.74. The first-order valence-corrected chi connectivity index (χ1v) is 4.82. The van der Waals surface area contributed by atoms with Crippen molar-refractivity contribution in [2.24, 2.45) is 0 Å². The van der Waals surface area contributed by atoms with Gasteiger partial charge in [-0.2, -0.15) is 0 Å². The highest BCUT2D eigenvalue weighted by Crippen LogP contribution is 2.25. The lowest BCUT2D eigenvalue weighted by Gasteiger charge is -2.09. The van der Waals surface area contributed by atoms with Gasteiger partial charge in [-0.05, 0) is 43.2 Å². The molecular weight excluding hydrogens is 193 g/mol. The van der Waals surface area contributed by atoms with Crippen molar-refractivity contribution < 1.29 is 9.50 Å². The molecule has 0 saturated carbocycles. The summed E-state index contributed by atoms with van der Waals surface area (Å²) >= 11 is 0. The summed E-state index contributed by atoms with van der Waals surface area (Å²) in [6.07, 6.45) is 0.902. The molecule has 0 aliphatic heterocycles. The Bertz CT molecular complexity index is 508. The highest BCUT2D eigenvalue weighted by atomic mass is 19.1. The summed E-state index contributed by atoms with van der Waals surface area (Å²) in [5, 5.41) is 10.2. The van der Waals surface area contributed by atoms with Crippen LogP contribution in [0.4, 0.5) is 4.39 Å². The quantitative estimate of drug-likeness (QED) is 0.776. The fourth-order valence-corrected chi connectivity index (χ4v) is 1.73. The number of hydrogen-bond donors (Lipinski definition) is 1. The molecule has 3 heteroatoms. The van der Waals surface area contributed by atoms with Gasteiger partial charge in [-0.25, -0.2) is 4.39 Å². The van der Waals surface area contributed by atoms with Crippen LogP contribution in [0.3, 0.4) is 0 Å². The third kappa shape index (κ3) is 1.70. The average Bonchev–Trinajstić information content (AvgIpc) is 2.16. The molecule has 0 radical (unpaired) electrons. The third-order valence-electron chi connectivity index (χ3n) is 2.43. The van der Waals surface area contributed by atoms with Crippen molar-refractivity contribution in [3.8, 4) is 0 Å². The summed E-state index contributed by atoms with van der Waals surface area (Å²) in [6, 6.07) is 5.00. The zero-order chi connectivity index (χ0) is 11.0. The molecule has 1 unspecified atom stereocenters. The Labute approximate surface area is 87.4 Å². The Morgan fingerprint density at radius 2 is 2.13 bits per heavy atom. The van der Waals surface area contributed by atoms with Gasteiger partial charge in [0.25, 0.3) is 0 Å². The molecule has 1 N–H and O–H groups in total. The molecule has 0 aliphatic carbocycles. The van der Waals surface area contributed by atoms with Gasteiger partial charge >= 0.3 is 0 Å². The molecule has 0 amide bonds. The van der Waals surface area contributed by atoms with Crippen LogP contribution in [-0.2, 0) is 0 Å². The van der Waals surface area contributed by atoms with Crippen LogP contribution in [0.25, 0.3) is 10.9 Å². The summed E-state index contributed by atoms with van der Waals surface area (Å²) in [5.74, 6) is -0.340. The van der Waals surface area contributed by atoms with E-state index in [1.54, 1.807) is 13.0 Å². The number of nitrogens with zero attached hydrogens (tertiary/aromatic N) is 1. The maximum absolute atomic E-state index is 13.5. The van der Waals surface area contributed by atoms with Crippen LogP contribution in [0.5, 0.6) is 0 Å². The Kier molecular flexibility index (Phi) is 2.40. The zero-order valence-electron chi connectivity index (χ0n) is 8.66. The summed E-state index contributed by atoms with van der Waals surface area (Å²) < 4.78 is 13.5. The Morgan fingerprint density at radius 1 is 1.40 bits per heavy atom. The Hall–Kier alpha value is -1.48. The first kappa shape index (κ1) is 10.1. The summed E-state index contributed by atoms with van der Waals surface area (Å²) in [7, 11) is 0. The highest BCUT2D eigenvalue weighted by molar-refractivity contribution is 5.83. The first-order valence-electron chi connectivity index (χ1n) is 4.82. The van der Waals surface area contributed by atoms with Gasteiger partial charge in [0.2, 0.25) is 0 Å². The molecule has 15 heavy (non-hydrogen) atoms. The number of halogens is 1. The van der Waals surface area contributed by atoms with Crippen LogP contribution in [0.2, 0.25) is 0 Å². The SMILES string of the molecule is Cc1cc(F)c2nccc(C(C)O)c2c1. The second-order valence-corrected chi connectivity index (χ2v) is 3.72. The molecule has 78 valence electrons. The third-order valence-corrected chi connectivity index (χ3v) is 2.43. The Balaban J connectivity index is 2.85. The molecule has 1 aromatic carbocycles. The largest absolute Gasteiger partial charge is 0.389 e. The fraction of sp³-hybridized carbons (Fsp3) is 0.250. The van der Waals surface area contributed by atoms with E-state index < -0.39 is 6.10 Å². The van der Waals surface area contributed by atoms with Gasteiger partial charge in [0.15, 0.2) is 0 Å². The van der Waals surface area contributed by atoms with Crippen LogP contribution >= 0.6 is 0 Å². The van der Waals surface area contributed by atoms with Gasteiger partial charge in [0.05, 0.1) is 6.10 Å². The molecule has 0 spiro atoms. The molecule has 2 aromatic rings. The normalized spacial score (nSPS) is 13.1. The first-order chi connectivity index (χ1) is 7.09. The summed E-state index contributed by atoms with van der Waals surface area (Å²) in [5.41, 5.74) is 1.86. The fourth-order valence-electron chi connectivity index (χ4n) is 1.73. The van der Waals surface area contributed by atoms with E-state index in [-0.39, 0.29) is 5.82 Å². The van der Waals surface area contributed by atoms with Gasteiger partial charge in [-0.3, -0.25) is 4.98 Å². The van der Waals surface area contributed by atoms with Crippen LogP contribution < -0.4 is 0 Å². The van der Waals surface area contributed by atoms with Crippen molar-refractivity contribution in [2.45, 2.75) is 20.0 Å². The van der Waals surface area contributed by atoms with Crippen LogP contribution in [0, 0.1) is 12.7 Å². The van der Waals surface area contributed by atoms with Crippen molar-refractivity contribution in [3.05, 3.63) is 41.3 Å². The number of aliphatic hydroxyl groups is 1. The van der Waals surface area contributed by atoms with Gasteiger partial charge in [0.1, 0.15) is 11.3 Å². The maximum atomic E-state index is 13.5. The lowest BCUT2D eigenvalue weighted by atomic mass is 10.0. The minimum atomic E-state index is -0.614. The molecule has 0 saturated heterocycles. The maximum Gasteiger partial charge on any atom is 0.149 e. The number of aromatic nitrogens is 1. The lowest BCUT2D eigenvalue weighted by Crippen LogP contribution is -1.96. The molecule has 1 atom stereocenters. The van der Waals surface area contributed by atoms with E-state index in [9.17, 15) is 9.50 Å². The lowest BCUT2D eigenvalue weighted by molar-refractivity contribution is 0.201. The van der Waals surface area contributed by atoms with Crippen LogP contribution in [0.1, 0.15) is 24.2 Å². The average molecular weight is 205 g/mol. The summed E-state index contributed by atoms with van der Waals surface area (Å²) in [6.45, 7) is 3.48. The number of rotatable bonds is 1. The van der Waals surface area contributed by atoms with E-state index in [1.165, 1.54) is 12.3 Å². The molecule has 0 aliphatic rings. The molecule has 1 heterocycles. The number of hydrogen-bond acceptors (Lipinski definition) is 2. The molecular formula is C12H12FNO. The Morgan fingerprint density at radius 3 is 2.80 bits per heavy atom. The number of aliphatic hydroxyl groups excluding tert-OH is 1. The van der Waals surface area contributed by atoms with E-state index >= 15 is 0 Å².